The van der Waals surface area contributed by atoms with Crippen LogP contribution in [0.1, 0.15) is 72.1 Å². The first-order valence-corrected chi connectivity index (χ1v) is 9.04. The van der Waals surface area contributed by atoms with Crippen LogP contribution >= 0.6 is 0 Å². The number of rotatable bonds is 4. The molecule has 0 bridgehead atoms. The molecule has 3 heteroatoms. The summed E-state index contributed by atoms with van der Waals surface area (Å²) in [6, 6.07) is 0. The van der Waals surface area contributed by atoms with E-state index in [-0.39, 0.29) is 11.6 Å². The zero-order valence-corrected chi connectivity index (χ0v) is 14.5. The van der Waals surface area contributed by atoms with E-state index >= 15 is 0 Å². The molecule has 0 aromatic carbocycles. The van der Waals surface area contributed by atoms with Gasteiger partial charge in [0.05, 0.1) is 6.10 Å². The van der Waals surface area contributed by atoms with Gasteiger partial charge in [-0.1, -0.05) is 25.7 Å². The Labute approximate surface area is 131 Å². The first-order chi connectivity index (χ1) is 9.89. The van der Waals surface area contributed by atoms with Crippen LogP contribution in [0, 0.1) is 5.41 Å². The van der Waals surface area contributed by atoms with Crippen LogP contribution in [0.4, 0.5) is 0 Å². The highest BCUT2D eigenvalue weighted by atomic mass is 16.3. The third-order valence-electron chi connectivity index (χ3n) is 5.20. The zero-order valence-electron chi connectivity index (χ0n) is 14.5. The van der Waals surface area contributed by atoms with Crippen molar-refractivity contribution in [2.24, 2.45) is 5.41 Å². The summed E-state index contributed by atoms with van der Waals surface area (Å²) in [6.45, 7) is 11.2. The summed E-state index contributed by atoms with van der Waals surface area (Å²) in [4.78, 5) is 2.53. The molecule has 2 rings (SSSR count). The number of hydrogen-bond donors (Lipinski definition) is 2. The van der Waals surface area contributed by atoms with Gasteiger partial charge in [-0.15, -0.1) is 0 Å². The lowest BCUT2D eigenvalue weighted by Crippen LogP contribution is -2.51. The molecule has 1 saturated carbocycles. The summed E-state index contributed by atoms with van der Waals surface area (Å²) < 4.78 is 0. The molecule has 1 saturated heterocycles. The van der Waals surface area contributed by atoms with E-state index in [9.17, 15) is 5.11 Å². The number of nitrogens with zero attached hydrogens (tertiary/aromatic N) is 1. The van der Waals surface area contributed by atoms with Crippen LogP contribution in [0.5, 0.6) is 0 Å². The van der Waals surface area contributed by atoms with Gasteiger partial charge in [-0.05, 0) is 58.4 Å². The molecule has 2 fully saturated rings. The number of nitrogens with one attached hydrogen (secondary N) is 1. The molecule has 1 heterocycles. The summed E-state index contributed by atoms with van der Waals surface area (Å²) in [7, 11) is 0. The lowest BCUT2D eigenvalue weighted by Gasteiger charge is -2.42. The van der Waals surface area contributed by atoms with Gasteiger partial charge in [0.1, 0.15) is 0 Å². The van der Waals surface area contributed by atoms with Gasteiger partial charge >= 0.3 is 0 Å². The fraction of sp³-hybridized carbons (Fsp3) is 1.00. The minimum Gasteiger partial charge on any atom is -0.392 e. The number of aliphatic hydroxyl groups is 1. The van der Waals surface area contributed by atoms with Gasteiger partial charge in [0, 0.05) is 25.2 Å². The second-order valence-electron chi connectivity index (χ2n) is 8.55. The van der Waals surface area contributed by atoms with E-state index in [4.69, 9.17) is 0 Å². The first-order valence-electron chi connectivity index (χ1n) is 9.04. The van der Waals surface area contributed by atoms with Gasteiger partial charge < -0.3 is 15.3 Å². The maximum absolute atomic E-state index is 9.95. The number of piperidine rings is 1. The first kappa shape index (κ1) is 17.2. The molecule has 0 spiro atoms. The Bertz CT molecular complexity index is 303. The third kappa shape index (κ3) is 5.88. The summed E-state index contributed by atoms with van der Waals surface area (Å²) >= 11 is 0. The summed E-state index contributed by atoms with van der Waals surface area (Å²) in [5.41, 5.74) is 0.613. The van der Waals surface area contributed by atoms with Crippen molar-refractivity contribution < 1.29 is 5.11 Å². The van der Waals surface area contributed by atoms with Crippen LogP contribution in [0.3, 0.4) is 0 Å². The second-order valence-corrected chi connectivity index (χ2v) is 8.55. The molecule has 1 aliphatic heterocycles. The second kappa shape index (κ2) is 7.43. The lowest BCUT2D eigenvalue weighted by molar-refractivity contribution is 0.0360. The normalized spacial score (nSPS) is 28.3. The molecular weight excluding hydrogens is 260 g/mol. The summed E-state index contributed by atoms with van der Waals surface area (Å²) in [5.74, 6) is 0. The summed E-state index contributed by atoms with van der Waals surface area (Å²) in [5, 5.41) is 13.7. The highest BCUT2D eigenvalue weighted by Crippen LogP contribution is 2.36. The highest BCUT2D eigenvalue weighted by Gasteiger charge is 2.34. The number of β-amino-alcohol motifs (C(OH)–C–C–N with tert-alkyl or cyclic N) is 1. The fourth-order valence-corrected chi connectivity index (χ4v) is 3.97. The monoisotopic (exact) mass is 296 g/mol. The molecule has 1 atom stereocenters. The maximum atomic E-state index is 9.95. The summed E-state index contributed by atoms with van der Waals surface area (Å²) in [6.07, 6.45) is 10.3. The van der Waals surface area contributed by atoms with Crippen molar-refractivity contribution in [3.63, 3.8) is 0 Å². The molecule has 0 radical (unpaired) electrons. The van der Waals surface area contributed by atoms with Gasteiger partial charge in [-0.25, -0.2) is 0 Å². The van der Waals surface area contributed by atoms with E-state index in [0.29, 0.717) is 5.41 Å². The van der Waals surface area contributed by atoms with E-state index in [1.807, 2.05) is 0 Å². The molecule has 3 nitrogen and oxygen atoms in total. The van der Waals surface area contributed by atoms with E-state index in [1.165, 1.54) is 51.6 Å². The molecule has 0 aromatic rings. The molecular formula is C18H36N2O. The van der Waals surface area contributed by atoms with Gasteiger partial charge in [0.25, 0.3) is 0 Å². The van der Waals surface area contributed by atoms with Crippen molar-refractivity contribution in [2.75, 3.05) is 26.2 Å². The molecule has 2 aliphatic rings. The van der Waals surface area contributed by atoms with E-state index in [1.54, 1.807) is 0 Å². The van der Waals surface area contributed by atoms with Crippen LogP contribution in [0.2, 0.25) is 0 Å². The van der Waals surface area contributed by atoms with Crippen LogP contribution < -0.4 is 5.32 Å². The minimum absolute atomic E-state index is 0.0999. The molecule has 0 amide bonds. The van der Waals surface area contributed by atoms with Gasteiger partial charge in [-0.2, -0.15) is 0 Å². The maximum Gasteiger partial charge on any atom is 0.0667 e. The average molecular weight is 296 g/mol. The Kier molecular flexibility index (Phi) is 6.10. The van der Waals surface area contributed by atoms with Gasteiger partial charge in [-0.3, -0.25) is 0 Å². The Hall–Kier alpha value is -0.120. The Morgan fingerprint density at radius 3 is 2.33 bits per heavy atom. The Balaban J connectivity index is 1.99. The van der Waals surface area contributed by atoms with Crippen molar-refractivity contribution in [3.8, 4) is 0 Å². The number of aliphatic hydroxyl groups excluding tert-OH is 1. The predicted octanol–water partition coefficient (Wildman–Crippen LogP) is 3.17. The van der Waals surface area contributed by atoms with E-state index < -0.39 is 0 Å². The molecule has 124 valence electrons. The van der Waals surface area contributed by atoms with Crippen LogP contribution in [-0.2, 0) is 0 Å². The Morgan fingerprint density at radius 2 is 1.76 bits per heavy atom. The van der Waals surface area contributed by atoms with Crippen molar-refractivity contribution in [3.05, 3.63) is 0 Å². The fourth-order valence-electron chi connectivity index (χ4n) is 3.97. The molecule has 1 unspecified atom stereocenters. The standard InChI is InChI=1S/C18H36N2O/c1-17(2,3)19-14-18(10-6-4-5-7-11-18)15-20-12-8-9-16(21)13-20/h16,19,21H,4-15H2,1-3H3. The smallest absolute Gasteiger partial charge is 0.0667 e. The van der Waals surface area contributed by atoms with Crippen molar-refractivity contribution in [1.82, 2.24) is 10.2 Å². The average Bonchev–Trinajstić information content (AvgIpc) is 2.62. The predicted molar refractivity (Wildman–Crippen MR) is 89.6 cm³/mol. The minimum atomic E-state index is -0.0999. The zero-order chi connectivity index (χ0) is 15.3. The number of hydrogen-bond acceptors (Lipinski definition) is 3. The van der Waals surface area contributed by atoms with Gasteiger partial charge in [0.2, 0.25) is 0 Å². The number of likely N-dealkylation sites (tertiary alicyclic amines) is 1. The van der Waals surface area contributed by atoms with Crippen LogP contribution in [0.15, 0.2) is 0 Å². The topological polar surface area (TPSA) is 35.5 Å². The molecule has 1 aliphatic carbocycles. The molecule has 21 heavy (non-hydrogen) atoms. The third-order valence-corrected chi connectivity index (χ3v) is 5.20. The Morgan fingerprint density at radius 1 is 1.10 bits per heavy atom. The largest absolute Gasteiger partial charge is 0.392 e. The van der Waals surface area contributed by atoms with Gasteiger partial charge in [0.15, 0.2) is 0 Å². The lowest BCUT2D eigenvalue weighted by atomic mass is 9.78. The SMILES string of the molecule is CC(C)(C)NCC1(CN2CCCC(O)C2)CCCCCC1. The molecule has 2 N–H and O–H groups in total. The van der Waals surface area contributed by atoms with Crippen molar-refractivity contribution in [2.45, 2.75) is 83.8 Å². The highest BCUT2D eigenvalue weighted by molar-refractivity contribution is 4.90. The quantitative estimate of drug-likeness (QED) is 0.782. The molecule has 0 aromatic heterocycles. The van der Waals surface area contributed by atoms with Crippen molar-refractivity contribution >= 4 is 0 Å². The van der Waals surface area contributed by atoms with E-state index in [0.717, 1.165) is 25.9 Å². The van der Waals surface area contributed by atoms with Crippen LogP contribution in [0.25, 0.3) is 0 Å². The van der Waals surface area contributed by atoms with E-state index in [2.05, 4.69) is 31.0 Å². The van der Waals surface area contributed by atoms with Crippen LogP contribution in [-0.4, -0.2) is 47.8 Å². The van der Waals surface area contributed by atoms with Crippen molar-refractivity contribution in [1.29, 1.82) is 0 Å².